The lowest BCUT2D eigenvalue weighted by molar-refractivity contribution is -0.140. The first kappa shape index (κ1) is 12.7. The third-order valence-electron chi connectivity index (χ3n) is 1.92. The fourth-order valence-corrected chi connectivity index (χ4v) is 1.09. The van der Waals surface area contributed by atoms with Crippen molar-refractivity contribution < 1.29 is 29.1 Å². The predicted octanol–water partition coefficient (Wildman–Crippen LogP) is -0.278. The Kier molecular flexibility index (Phi) is 4.21. The zero-order chi connectivity index (χ0) is 12.8. The number of rotatable bonds is 6. The maximum Gasteiger partial charge on any atom is 0.326 e. The van der Waals surface area contributed by atoms with Crippen LogP contribution in [0.4, 0.5) is 0 Å². The van der Waals surface area contributed by atoms with Gasteiger partial charge in [-0.25, -0.2) is 4.79 Å². The first-order valence-electron chi connectivity index (χ1n) is 4.66. The Labute approximate surface area is 95.2 Å². The van der Waals surface area contributed by atoms with E-state index in [2.05, 4.69) is 15.0 Å². The van der Waals surface area contributed by atoms with Crippen LogP contribution in [-0.4, -0.2) is 39.3 Å². The van der Waals surface area contributed by atoms with Gasteiger partial charge in [0.25, 0.3) is 5.91 Å². The molecule has 0 bridgehead atoms. The zero-order valence-electron chi connectivity index (χ0n) is 8.62. The number of hydrogen-bond donors (Lipinski definition) is 3. The SMILES string of the molecule is O=C(O)CC[C@H](NC(=O)c1ccon1)C(=O)O. The first-order chi connectivity index (χ1) is 8.00. The van der Waals surface area contributed by atoms with Gasteiger partial charge in [0.2, 0.25) is 0 Å². The zero-order valence-corrected chi connectivity index (χ0v) is 8.62. The second kappa shape index (κ2) is 5.64. The highest BCUT2D eigenvalue weighted by molar-refractivity contribution is 5.94. The minimum absolute atomic E-state index is 0.0634. The van der Waals surface area contributed by atoms with Crippen LogP contribution >= 0.6 is 0 Å². The molecule has 1 heterocycles. The molecular formula is C9H10N2O6. The molecule has 0 aromatic carbocycles. The van der Waals surface area contributed by atoms with E-state index >= 15 is 0 Å². The van der Waals surface area contributed by atoms with E-state index in [9.17, 15) is 14.4 Å². The van der Waals surface area contributed by atoms with E-state index < -0.39 is 23.9 Å². The quantitative estimate of drug-likeness (QED) is 0.625. The Morgan fingerprint density at radius 2 is 2.12 bits per heavy atom. The van der Waals surface area contributed by atoms with Crippen molar-refractivity contribution in [3.8, 4) is 0 Å². The van der Waals surface area contributed by atoms with Crippen molar-refractivity contribution >= 4 is 17.8 Å². The predicted molar refractivity (Wildman–Crippen MR) is 52.3 cm³/mol. The third-order valence-corrected chi connectivity index (χ3v) is 1.92. The molecule has 0 spiro atoms. The van der Waals surface area contributed by atoms with Gasteiger partial charge in [0.1, 0.15) is 12.3 Å². The van der Waals surface area contributed by atoms with Crippen LogP contribution in [0.2, 0.25) is 0 Å². The van der Waals surface area contributed by atoms with E-state index in [0.717, 1.165) is 0 Å². The molecule has 0 aliphatic rings. The molecule has 0 saturated carbocycles. The molecular weight excluding hydrogens is 232 g/mol. The smallest absolute Gasteiger partial charge is 0.326 e. The number of carboxylic acids is 2. The van der Waals surface area contributed by atoms with Gasteiger partial charge in [-0.2, -0.15) is 0 Å². The van der Waals surface area contributed by atoms with Crippen molar-refractivity contribution in [3.05, 3.63) is 18.0 Å². The molecule has 0 fully saturated rings. The first-order valence-corrected chi connectivity index (χ1v) is 4.66. The molecule has 0 saturated heterocycles. The van der Waals surface area contributed by atoms with Crippen molar-refractivity contribution in [2.45, 2.75) is 18.9 Å². The molecule has 8 heteroatoms. The van der Waals surface area contributed by atoms with E-state index in [1.165, 1.54) is 12.3 Å². The van der Waals surface area contributed by atoms with Crippen LogP contribution in [0.5, 0.6) is 0 Å². The van der Waals surface area contributed by atoms with Gasteiger partial charge in [-0.05, 0) is 6.42 Å². The van der Waals surface area contributed by atoms with E-state index in [0.29, 0.717) is 0 Å². The fourth-order valence-electron chi connectivity index (χ4n) is 1.09. The lowest BCUT2D eigenvalue weighted by Gasteiger charge is -2.11. The molecule has 3 N–H and O–H groups in total. The summed E-state index contributed by atoms with van der Waals surface area (Å²) >= 11 is 0. The number of aromatic nitrogens is 1. The van der Waals surface area contributed by atoms with Gasteiger partial charge in [0.15, 0.2) is 5.69 Å². The van der Waals surface area contributed by atoms with E-state index in [1.54, 1.807) is 0 Å². The van der Waals surface area contributed by atoms with Gasteiger partial charge in [-0.15, -0.1) is 0 Å². The molecule has 1 amide bonds. The molecule has 17 heavy (non-hydrogen) atoms. The summed E-state index contributed by atoms with van der Waals surface area (Å²) in [6, 6.07) is 0.00104. The highest BCUT2D eigenvalue weighted by atomic mass is 16.5. The molecule has 8 nitrogen and oxygen atoms in total. The molecule has 1 atom stereocenters. The largest absolute Gasteiger partial charge is 0.481 e. The minimum atomic E-state index is -1.30. The second-order valence-corrected chi connectivity index (χ2v) is 3.18. The number of aliphatic carboxylic acids is 2. The van der Waals surface area contributed by atoms with Crippen molar-refractivity contribution in [2.75, 3.05) is 0 Å². The van der Waals surface area contributed by atoms with Crippen LogP contribution in [-0.2, 0) is 9.59 Å². The number of amides is 1. The topological polar surface area (TPSA) is 130 Å². The summed E-state index contributed by atoms with van der Waals surface area (Å²) in [5.74, 6) is -3.16. The van der Waals surface area contributed by atoms with Crippen LogP contribution in [0.15, 0.2) is 16.9 Å². The summed E-state index contributed by atoms with van der Waals surface area (Å²) in [6.07, 6.45) is 0.617. The minimum Gasteiger partial charge on any atom is -0.481 e. The average Bonchev–Trinajstić information content (AvgIpc) is 2.76. The number of carbonyl (C=O) groups excluding carboxylic acids is 1. The highest BCUT2D eigenvalue weighted by Gasteiger charge is 2.22. The summed E-state index contributed by atoms with van der Waals surface area (Å²) in [4.78, 5) is 32.5. The van der Waals surface area contributed by atoms with Gasteiger partial charge < -0.3 is 20.1 Å². The molecule has 1 aromatic heterocycles. The van der Waals surface area contributed by atoms with E-state index in [-0.39, 0.29) is 18.5 Å². The fraction of sp³-hybridized carbons (Fsp3) is 0.333. The molecule has 1 aromatic rings. The Morgan fingerprint density at radius 3 is 2.59 bits per heavy atom. The number of carboxylic acid groups (broad SMARTS) is 2. The number of hydrogen-bond acceptors (Lipinski definition) is 5. The third kappa shape index (κ3) is 3.93. The average molecular weight is 242 g/mol. The number of nitrogens with one attached hydrogen (secondary N) is 1. The van der Waals surface area contributed by atoms with Crippen LogP contribution in [0.1, 0.15) is 23.3 Å². The monoisotopic (exact) mass is 242 g/mol. The van der Waals surface area contributed by atoms with Crippen LogP contribution < -0.4 is 5.32 Å². The summed E-state index contributed by atoms with van der Waals surface area (Å²) in [5.41, 5.74) is -0.0634. The Hall–Kier alpha value is -2.38. The van der Waals surface area contributed by atoms with Crippen LogP contribution in [0.25, 0.3) is 0 Å². The van der Waals surface area contributed by atoms with Gasteiger partial charge in [-0.3, -0.25) is 9.59 Å². The van der Waals surface area contributed by atoms with Crippen molar-refractivity contribution in [3.63, 3.8) is 0 Å². The molecule has 0 aliphatic carbocycles. The number of carbonyl (C=O) groups is 3. The lowest BCUT2D eigenvalue weighted by Crippen LogP contribution is -2.41. The van der Waals surface area contributed by atoms with Gasteiger partial charge in [0, 0.05) is 12.5 Å². The maximum absolute atomic E-state index is 11.4. The van der Waals surface area contributed by atoms with Gasteiger partial charge >= 0.3 is 11.9 Å². The van der Waals surface area contributed by atoms with Crippen molar-refractivity contribution in [1.82, 2.24) is 10.5 Å². The maximum atomic E-state index is 11.4. The Balaban J connectivity index is 2.58. The summed E-state index contributed by atoms with van der Waals surface area (Å²) < 4.78 is 4.42. The van der Waals surface area contributed by atoms with E-state index in [4.69, 9.17) is 10.2 Å². The molecule has 92 valence electrons. The molecule has 0 unspecified atom stereocenters. The molecule has 1 rings (SSSR count). The molecule has 0 aliphatic heterocycles. The summed E-state index contributed by atoms with van der Waals surface area (Å²) in [7, 11) is 0. The van der Waals surface area contributed by atoms with Crippen LogP contribution in [0.3, 0.4) is 0 Å². The standard InChI is InChI=1S/C9H10N2O6/c12-7(13)2-1-6(9(15)16)10-8(14)5-3-4-17-11-5/h3-4,6H,1-2H2,(H,10,14)(H,12,13)(H,15,16)/t6-/m0/s1. The summed E-state index contributed by atoms with van der Waals surface area (Å²) in [5, 5.41) is 22.7. The normalized spacial score (nSPS) is 11.8. The van der Waals surface area contributed by atoms with Crippen molar-refractivity contribution in [2.24, 2.45) is 0 Å². The van der Waals surface area contributed by atoms with E-state index in [1.807, 2.05) is 0 Å². The number of nitrogens with zero attached hydrogens (tertiary/aromatic N) is 1. The summed E-state index contributed by atoms with van der Waals surface area (Å²) in [6.45, 7) is 0. The second-order valence-electron chi connectivity index (χ2n) is 3.18. The van der Waals surface area contributed by atoms with Crippen molar-refractivity contribution in [1.29, 1.82) is 0 Å². The van der Waals surface area contributed by atoms with Gasteiger partial charge in [0.05, 0.1) is 0 Å². The van der Waals surface area contributed by atoms with Gasteiger partial charge in [-0.1, -0.05) is 5.16 Å². The highest BCUT2D eigenvalue weighted by Crippen LogP contribution is 2.01. The molecule has 0 radical (unpaired) electrons. The Morgan fingerprint density at radius 1 is 1.41 bits per heavy atom. The lowest BCUT2D eigenvalue weighted by atomic mass is 10.1. The Bertz CT molecular complexity index is 413. The van der Waals surface area contributed by atoms with Crippen LogP contribution in [0, 0.1) is 0 Å².